The van der Waals surface area contributed by atoms with E-state index in [-0.39, 0.29) is 12.7 Å². The van der Waals surface area contributed by atoms with E-state index in [9.17, 15) is 0 Å². The Kier molecular flexibility index (Phi) is 5.38. The van der Waals surface area contributed by atoms with Crippen LogP contribution in [-0.4, -0.2) is 24.9 Å². The fourth-order valence-electron chi connectivity index (χ4n) is 3.09. The number of fused-ring (bicyclic) bond motifs is 1. The highest BCUT2D eigenvalue weighted by Gasteiger charge is 2.23. The molecule has 2 N–H and O–H groups in total. The summed E-state index contributed by atoms with van der Waals surface area (Å²) in [6.45, 7) is 3.85. The first-order valence-electron chi connectivity index (χ1n) is 8.45. The van der Waals surface area contributed by atoms with Crippen LogP contribution < -0.4 is 14.8 Å². The Labute approximate surface area is 143 Å². The van der Waals surface area contributed by atoms with Gasteiger partial charge in [-0.3, -0.25) is 0 Å². The maximum atomic E-state index is 9.07. The third-order valence-corrected chi connectivity index (χ3v) is 4.39. The highest BCUT2D eigenvalue weighted by atomic mass is 16.5. The van der Waals surface area contributed by atoms with Crippen LogP contribution in [0.15, 0.2) is 36.4 Å². The lowest BCUT2D eigenvalue weighted by atomic mass is 10.1. The molecule has 4 nitrogen and oxygen atoms in total. The molecule has 0 saturated heterocycles. The van der Waals surface area contributed by atoms with Gasteiger partial charge in [-0.2, -0.15) is 0 Å². The second-order valence-electron chi connectivity index (χ2n) is 6.31. The van der Waals surface area contributed by atoms with Crippen molar-refractivity contribution in [2.75, 3.05) is 13.7 Å². The Balaban J connectivity index is 1.57. The maximum Gasteiger partial charge on any atom is 0.127 e. The van der Waals surface area contributed by atoms with E-state index < -0.39 is 0 Å². The first kappa shape index (κ1) is 16.8. The van der Waals surface area contributed by atoms with Crippen LogP contribution in [0.1, 0.15) is 29.2 Å². The maximum absolute atomic E-state index is 9.07. The Morgan fingerprint density at radius 1 is 1.21 bits per heavy atom. The van der Waals surface area contributed by atoms with Gasteiger partial charge in [-0.1, -0.05) is 24.3 Å². The minimum Gasteiger partial charge on any atom is -0.497 e. The zero-order valence-electron chi connectivity index (χ0n) is 14.3. The highest BCUT2D eigenvalue weighted by Crippen LogP contribution is 2.36. The predicted octanol–water partition coefficient (Wildman–Crippen LogP) is 2.84. The lowest BCUT2D eigenvalue weighted by Crippen LogP contribution is -2.17. The number of aliphatic hydroxyl groups excluding tert-OH is 1. The van der Waals surface area contributed by atoms with Crippen LogP contribution in [-0.2, 0) is 26.0 Å². The standard InChI is InChI=1S/C20H25NO3/c1-14-9-17-10-19(23-2)11-18(20(17)24-14)12-21-8-7-15-3-5-16(13-22)6-4-15/h3-6,10-11,14,21-22H,7-9,12-13H2,1-2H3. The molecule has 0 aliphatic carbocycles. The minimum atomic E-state index is 0.0951. The van der Waals surface area contributed by atoms with Crippen LogP contribution >= 0.6 is 0 Å². The molecule has 0 bridgehead atoms. The van der Waals surface area contributed by atoms with Crippen molar-refractivity contribution in [3.63, 3.8) is 0 Å². The van der Waals surface area contributed by atoms with Gasteiger partial charge in [-0.05, 0) is 43.1 Å². The molecule has 1 atom stereocenters. The number of hydrogen-bond acceptors (Lipinski definition) is 4. The van der Waals surface area contributed by atoms with Gasteiger partial charge in [-0.25, -0.2) is 0 Å². The molecule has 2 aromatic carbocycles. The molecule has 1 aliphatic rings. The second kappa shape index (κ2) is 7.69. The summed E-state index contributed by atoms with van der Waals surface area (Å²) in [4.78, 5) is 0. The predicted molar refractivity (Wildman–Crippen MR) is 94.6 cm³/mol. The molecule has 1 unspecified atom stereocenters. The van der Waals surface area contributed by atoms with Crippen molar-refractivity contribution in [3.8, 4) is 11.5 Å². The molecule has 0 radical (unpaired) electrons. The zero-order valence-corrected chi connectivity index (χ0v) is 14.3. The third-order valence-electron chi connectivity index (χ3n) is 4.39. The molecule has 0 spiro atoms. The Bertz CT molecular complexity index is 682. The normalized spacial score (nSPS) is 15.9. The van der Waals surface area contributed by atoms with Crippen LogP contribution in [0.25, 0.3) is 0 Å². The molecule has 4 heteroatoms. The topological polar surface area (TPSA) is 50.7 Å². The number of ether oxygens (including phenoxy) is 2. The van der Waals surface area contributed by atoms with E-state index in [2.05, 4.69) is 36.5 Å². The number of methoxy groups -OCH3 is 1. The molecular formula is C20H25NO3. The van der Waals surface area contributed by atoms with E-state index in [1.165, 1.54) is 11.1 Å². The average molecular weight is 327 g/mol. The molecule has 0 saturated carbocycles. The number of aliphatic hydroxyl groups is 1. The number of benzene rings is 2. The van der Waals surface area contributed by atoms with Crippen LogP contribution in [0.2, 0.25) is 0 Å². The minimum absolute atomic E-state index is 0.0951. The molecule has 1 aliphatic heterocycles. The van der Waals surface area contributed by atoms with Crippen molar-refractivity contribution in [3.05, 3.63) is 58.7 Å². The molecule has 1 heterocycles. The fourth-order valence-corrected chi connectivity index (χ4v) is 3.09. The fraction of sp³-hybridized carbons (Fsp3) is 0.400. The van der Waals surface area contributed by atoms with E-state index >= 15 is 0 Å². The van der Waals surface area contributed by atoms with Gasteiger partial charge in [0.1, 0.15) is 17.6 Å². The first-order valence-corrected chi connectivity index (χ1v) is 8.45. The zero-order chi connectivity index (χ0) is 16.9. The third kappa shape index (κ3) is 3.89. The highest BCUT2D eigenvalue weighted by molar-refractivity contribution is 5.49. The average Bonchev–Trinajstić information content (AvgIpc) is 2.99. The van der Waals surface area contributed by atoms with Gasteiger partial charge >= 0.3 is 0 Å². The summed E-state index contributed by atoms with van der Waals surface area (Å²) in [5, 5.41) is 12.6. The van der Waals surface area contributed by atoms with Crippen molar-refractivity contribution in [1.29, 1.82) is 0 Å². The Morgan fingerprint density at radius 2 is 1.96 bits per heavy atom. The summed E-state index contributed by atoms with van der Waals surface area (Å²) in [5.74, 6) is 1.91. The van der Waals surface area contributed by atoms with E-state index in [4.69, 9.17) is 14.6 Å². The van der Waals surface area contributed by atoms with Crippen molar-refractivity contribution in [2.45, 2.75) is 39.0 Å². The molecule has 0 fully saturated rings. The molecule has 3 rings (SSSR count). The summed E-state index contributed by atoms with van der Waals surface area (Å²) in [7, 11) is 1.70. The summed E-state index contributed by atoms with van der Waals surface area (Å²) in [6.07, 6.45) is 2.13. The van der Waals surface area contributed by atoms with Gasteiger partial charge < -0.3 is 19.9 Å². The Morgan fingerprint density at radius 3 is 2.67 bits per heavy atom. The van der Waals surface area contributed by atoms with Gasteiger partial charge in [0.15, 0.2) is 0 Å². The lowest BCUT2D eigenvalue weighted by Gasteiger charge is -2.12. The second-order valence-corrected chi connectivity index (χ2v) is 6.31. The largest absolute Gasteiger partial charge is 0.497 e. The lowest BCUT2D eigenvalue weighted by molar-refractivity contribution is 0.252. The number of nitrogens with one attached hydrogen (secondary N) is 1. The molecule has 128 valence electrons. The molecule has 0 aromatic heterocycles. The first-order chi connectivity index (χ1) is 11.7. The summed E-state index contributed by atoms with van der Waals surface area (Å²) < 4.78 is 11.4. The van der Waals surface area contributed by atoms with E-state index in [0.717, 1.165) is 48.6 Å². The smallest absolute Gasteiger partial charge is 0.127 e. The SMILES string of the molecule is COc1cc(CNCCc2ccc(CO)cc2)c2c(c1)CC(C)O2. The Hall–Kier alpha value is -2.04. The van der Waals surface area contributed by atoms with E-state index in [0.29, 0.717) is 0 Å². The van der Waals surface area contributed by atoms with Gasteiger partial charge in [0, 0.05) is 24.1 Å². The molecule has 0 amide bonds. The number of rotatable bonds is 7. The van der Waals surface area contributed by atoms with Gasteiger partial charge in [0.05, 0.1) is 13.7 Å². The monoisotopic (exact) mass is 327 g/mol. The molecule has 2 aromatic rings. The van der Waals surface area contributed by atoms with Gasteiger partial charge in [0.25, 0.3) is 0 Å². The van der Waals surface area contributed by atoms with Gasteiger partial charge in [0.2, 0.25) is 0 Å². The molecule has 24 heavy (non-hydrogen) atoms. The van der Waals surface area contributed by atoms with Crippen molar-refractivity contribution < 1.29 is 14.6 Å². The van der Waals surface area contributed by atoms with Crippen LogP contribution in [0, 0.1) is 0 Å². The quantitative estimate of drug-likeness (QED) is 0.768. The van der Waals surface area contributed by atoms with Crippen molar-refractivity contribution in [2.24, 2.45) is 0 Å². The van der Waals surface area contributed by atoms with Crippen LogP contribution in [0.5, 0.6) is 11.5 Å². The summed E-state index contributed by atoms with van der Waals surface area (Å²) in [6, 6.07) is 12.2. The number of hydrogen-bond donors (Lipinski definition) is 2. The van der Waals surface area contributed by atoms with E-state index in [1.807, 2.05) is 12.1 Å². The summed E-state index contributed by atoms with van der Waals surface area (Å²) in [5.41, 5.74) is 4.60. The van der Waals surface area contributed by atoms with Crippen molar-refractivity contribution in [1.82, 2.24) is 5.32 Å². The summed E-state index contributed by atoms with van der Waals surface area (Å²) >= 11 is 0. The molecular weight excluding hydrogens is 302 g/mol. The van der Waals surface area contributed by atoms with Crippen LogP contribution in [0.3, 0.4) is 0 Å². The van der Waals surface area contributed by atoms with Crippen LogP contribution in [0.4, 0.5) is 0 Å². The van der Waals surface area contributed by atoms with E-state index in [1.54, 1.807) is 7.11 Å². The van der Waals surface area contributed by atoms with Crippen molar-refractivity contribution >= 4 is 0 Å². The van der Waals surface area contributed by atoms with Gasteiger partial charge in [-0.15, -0.1) is 0 Å².